The highest BCUT2D eigenvalue weighted by Gasteiger charge is 2.30. The summed E-state index contributed by atoms with van der Waals surface area (Å²) >= 11 is 1.66. The molecule has 2 N–H and O–H groups in total. The lowest BCUT2D eigenvalue weighted by Crippen LogP contribution is -2.45. The fourth-order valence-electron chi connectivity index (χ4n) is 4.61. The Hall–Kier alpha value is -1.86. The van der Waals surface area contributed by atoms with E-state index < -0.39 is 0 Å². The summed E-state index contributed by atoms with van der Waals surface area (Å²) in [5, 5.41) is 0.710. The summed E-state index contributed by atoms with van der Waals surface area (Å²) in [4.78, 5) is 23.0. The topological polar surface area (TPSA) is 75.6 Å². The van der Waals surface area contributed by atoms with Gasteiger partial charge in [0.1, 0.15) is 0 Å². The number of furan rings is 1. The number of nitrogens with zero attached hydrogens (tertiary/aromatic N) is 3. The predicted molar refractivity (Wildman–Crippen MR) is 112 cm³/mol. The number of aryl methyl sites for hydroxylation is 1. The zero-order chi connectivity index (χ0) is 19.5. The molecule has 28 heavy (non-hydrogen) atoms. The zero-order valence-corrected chi connectivity index (χ0v) is 17.4. The van der Waals surface area contributed by atoms with Gasteiger partial charge in [-0.25, -0.2) is 4.98 Å². The molecule has 0 radical (unpaired) electrons. The summed E-state index contributed by atoms with van der Waals surface area (Å²) < 4.78 is 5.27. The van der Waals surface area contributed by atoms with Crippen LogP contribution in [0.3, 0.4) is 0 Å². The first-order valence-electron chi connectivity index (χ1n) is 10.4. The van der Waals surface area contributed by atoms with E-state index in [9.17, 15) is 4.79 Å². The molecule has 6 nitrogen and oxygen atoms in total. The number of rotatable bonds is 6. The van der Waals surface area contributed by atoms with Crippen molar-refractivity contribution in [3.05, 3.63) is 34.7 Å². The van der Waals surface area contributed by atoms with Crippen LogP contribution in [0.15, 0.2) is 22.8 Å². The Bertz CT molecular complexity index is 780. The lowest BCUT2D eigenvalue weighted by Gasteiger charge is -2.39. The number of piperidine rings is 1. The summed E-state index contributed by atoms with van der Waals surface area (Å²) in [5.41, 5.74) is 7.14. The molecule has 4 rings (SSSR count). The predicted octanol–water partition coefficient (Wildman–Crippen LogP) is 3.44. The lowest BCUT2D eigenvalue weighted by atomic mass is 9.92. The van der Waals surface area contributed by atoms with Crippen molar-refractivity contribution in [1.29, 1.82) is 0 Å². The molecular weight excluding hydrogens is 372 g/mol. The molecule has 152 valence electrons. The highest BCUT2D eigenvalue weighted by molar-refractivity contribution is 7.15. The average Bonchev–Trinajstić information content (AvgIpc) is 3.36. The molecule has 1 amide bonds. The molecule has 1 saturated heterocycles. The molecule has 1 aliphatic carbocycles. The molecule has 1 aliphatic heterocycles. The largest absolute Gasteiger partial charge is 0.459 e. The second kappa shape index (κ2) is 8.66. The molecule has 2 aliphatic rings. The van der Waals surface area contributed by atoms with Crippen molar-refractivity contribution in [2.24, 2.45) is 5.92 Å². The fraction of sp³-hybridized carbons (Fsp3) is 0.619. The number of nitrogens with two attached hydrogens (primary N) is 1. The van der Waals surface area contributed by atoms with Gasteiger partial charge in [0.2, 0.25) is 0 Å². The Morgan fingerprint density at radius 3 is 2.93 bits per heavy atom. The van der Waals surface area contributed by atoms with Crippen LogP contribution in [-0.4, -0.2) is 52.9 Å². The Balaban J connectivity index is 1.32. The number of anilines is 1. The molecule has 0 bridgehead atoms. The maximum absolute atomic E-state index is 12.5. The van der Waals surface area contributed by atoms with Crippen molar-refractivity contribution in [2.75, 3.05) is 31.9 Å². The summed E-state index contributed by atoms with van der Waals surface area (Å²) in [6.45, 7) is 6.18. The third-order valence-electron chi connectivity index (χ3n) is 6.08. The molecule has 0 unspecified atom stereocenters. The Kier molecular flexibility index (Phi) is 6.01. The van der Waals surface area contributed by atoms with Gasteiger partial charge in [0, 0.05) is 30.6 Å². The SMILES string of the molecule is CCCN(CC1CCN(C(=O)c2ccco2)CC1)[C@H]1CCc2nc(N)sc2C1. The summed E-state index contributed by atoms with van der Waals surface area (Å²) in [7, 11) is 0. The second-order valence-electron chi connectivity index (χ2n) is 8.03. The lowest BCUT2D eigenvalue weighted by molar-refractivity contribution is 0.0613. The number of carbonyl (C=O) groups excluding carboxylic acids is 1. The number of nitrogen functional groups attached to an aromatic ring is 1. The zero-order valence-electron chi connectivity index (χ0n) is 16.6. The van der Waals surface area contributed by atoms with E-state index in [4.69, 9.17) is 10.2 Å². The van der Waals surface area contributed by atoms with E-state index in [0.29, 0.717) is 22.9 Å². The van der Waals surface area contributed by atoms with E-state index in [-0.39, 0.29) is 5.91 Å². The first-order chi connectivity index (χ1) is 13.6. The van der Waals surface area contributed by atoms with Crippen LogP contribution in [0.4, 0.5) is 5.13 Å². The van der Waals surface area contributed by atoms with Gasteiger partial charge >= 0.3 is 0 Å². The normalized spacial score (nSPS) is 20.5. The molecule has 2 aromatic rings. The Morgan fingerprint density at radius 1 is 1.39 bits per heavy atom. The van der Waals surface area contributed by atoms with Gasteiger partial charge in [-0.05, 0) is 63.1 Å². The molecule has 1 atom stereocenters. The molecular formula is C21H30N4O2S. The number of fused-ring (bicyclic) bond motifs is 1. The van der Waals surface area contributed by atoms with Crippen LogP contribution >= 0.6 is 11.3 Å². The minimum Gasteiger partial charge on any atom is -0.459 e. The molecule has 0 saturated carbocycles. The molecule has 7 heteroatoms. The standard InChI is InChI=1S/C21H30N4O2S/c1-2-9-25(16-5-6-17-19(13-16)28-21(22)23-17)14-15-7-10-24(11-8-15)20(26)18-4-3-12-27-18/h3-4,12,15-16H,2,5-11,13-14H2,1H3,(H2,22,23)/t16-/m0/s1. The molecule has 0 aromatic carbocycles. The van der Waals surface area contributed by atoms with Gasteiger partial charge < -0.3 is 15.1 Å². The summed E-state index contributed by atoms with van der Waals surface area (Å²) in [5.74, 6) is 1.13. The van der Waals surface area contributed by atoms with Crippen molar-refractivity contribution in [2.45, 2.75) is 51.5 Å². The smallest absolute Gasteiger partial charge is 0.289 e. The Morgan fingerprint density at radius 2 is 2.21 bits per heavy atom. The number of aromatic nitrogens is 1. The van der Waals surface area contributed by atoms with Gasteiger partial charge in [0.25, 0.3) is 5.91 Å². The second-order valence-corrected chi connectivity index (χ2v) is 9.14. The van der Waals surface area contributed by atoms with E-state index >= 15 is 0 Å². The van der Waals surface area contributed by atoms with Crippen LogP contribution in [0, 0.1) is 5.92 Å². The number of likely N-dealkylation sites (tertiary alicyclic amines) is 1. The molecule has 2 aromatic heterocycles. The summed E-state index contributed by atoms with van der Waals surface area (Å²) in [6, 6.07) is 4.12. The maximum atomic E-state index is 12.5. The Labute approximate surface area is 170 Å². The van der Waals surface area contributed by atoms with Gasteiger partial charge in [-0.15, -0.1) is 11.3 Å². The average molecular weight is 403 g/mol. The third kappa shape index (κ3) is 4.25. The number of hydrogen-bond donors (Lipinski definition) is 1. The van der Waals surface area contributed by atoms with Crippen molar-refractivity contribution in [3.8, 4) is 0 Å². The molecule has 3 heterocycles. The van der Waals surface area contributed by atoms with E-state index in [1.807, 2.05) is 4.90 Å². The highest BCUT2D eigenvalue weighted by Crippen LogP contribution is 2.31. The van der Waals surface area contributed by atoms with Gasteiger partial charge in [0.15, 0.2) is 10.9 Å². The van der Waals surface area contributed by atoms with Crippen LogP contribution in [-0.2, 0) is 12.8 Å². The van der Waals surface area contributed by atoms with Gasteiger partial charge in [-0.1, -0.05) is 6.92 Å². The number of amides is 1. The van der Waals surface area contributed by atoms with E-state index in [1.54, 1.807) is 29.7 Å². The van der Waals surface area contributed by atoms with Gasteiger partial charge in [-0.2, -0.15) is 0 Å². The number of hydrogen-bond acceptors (Lipinski definition) is 6. The van der Waals surface area contributed by atoms with Crippen LogP contribution < -0.4 is 5.73 Å². The van der Waals surface area contributed by atoms with Crippen LogP contribution in [0.1, 0.15) is 53.7 Å². The third-order valence-corrected chi connectivity index (χ3v) is 7.03. The maximum Gasteiger partial charge on any atom is 0.289 e. The number of carbonyl (C=O) groups is 1. The highest BCUT2D eigenvalue weighted by atomic mass is 32.1. The van der Waals surface area contributed by atoms with E-state index in [2.05, 4.69) is 16.8 Å². The summed E-state index contributed by atoms with van der Waals surface area (Å²) in [6.07, 6.45) is 8.17. The monoisotopic (exact) mass is 402 g/mol. The minimum atomic E-state index is 0.0245. The van der Waals surface area contributed by atoms with Crippen LogP contribution in [0.25, 0.3) is 0 Å². The number of thiazole rings is 1. The van der Waals surface area contributed by atoms with Crippen molar-refractivity contribution in [3.63, 3.8) is 0 Å². The minimum absolute atomic E-state index is 0.0245. The van der Waals surface area contributed by atoms with E-state index in [0.717, 1.165) is 51.9 Å². The van der Waals surface area contributed by atoms with Crippen LogP contribution in [0.5, 0.6) is 0 Å². The van der Waals surface area contributed by atoms with Crippen molar-refractivity contribution >= 4 is 22.4 Å². The molecule has 1 fully saturated rings. The quantitative estimate of drug-likeness (QED) is 0.801. The van der Waals surface area contributed by atoms with E-state index in [1.165, 1.54) is 23.4 Å². The first-order valence-corrected chi connectivity index (χ1v) is 11.3. The molecule has 0 spiro atoms. The van der Waals surface area contributed by atoms with Crippen LogP contribution in [0.2, 0.25) is 0 Å². The fourth-order valence-corrected chi connectivity index (χ4v) is 5.56. The first kappa shape index (κ1) is 19.5. The van der Waals surface area contributed by atoms with Crippen molar-refractivity contribution in [1.82, 2.24) is 14.8 Å². The van der Waals surface area contributed by atoms with Gasteiger partial charge in [0.05, 0.1) is 12.0 Å². The van der Waals surface area contributed by atoms with Crippen molar-refractivity contribution < 1.29 is 9.21 Å². The van der Waals surface area contributed by atoms with Gasteiger partial charge in [-0.3, -0.25) is 9.69 Å².